The predicted octanol–water partition coefficient (Wildman–Crippen LogP) is 0.617. The molecule has 1 aliphatic heterocycles. The van der Waals surface area contributed by atoms with E-state index in [-0.39, 0.29) is 30.4 Å². The molecular weight excluding hydrogens is 676 g/mol. The van der Waals surface area contributed by atoms with Gasteiger partial charge in [0.15, 0.2) is 0 Å². The Labute approximate surface area is 300 Å². The Hall–Kier alpha value is -4.45. The Balaban J connectivity index is 1.31. The van der Waals surface area contributed by atoms with Gasteiger partial charge in [-0.05, 0) is 80.8 Å². The quantitative estimate of drug-likeness (QED) is 0.114. The van der Waals surface area contributed by atoms with Crippen LogP contribution in [0.2, 0.25) is 0 Å². The molecule has 1 aliphatic carbocycles. The van der Waals surface area contributed by atoms with Crippen molar-refractivity contribution in [3.05, 3.63) is 76.6 Å². The van der Waals surface area contributed by atoms with E-state index >= 15 is 0 Å². The van der Waals surface area contributed by atoms with Crippen molar-refractivity contribution in [2.45, 2.75) is 101 Å². The zero-order chi connectivity index (χ0) is 37.6. The maximum atomic E-state index is 13.3. The fourth-order valence-corrected chi connectivity index (χ4v) is 6.87. The van der Waals surface area contributed by atoms with Crippen LogP contribution >= 0.6 is 0 Å². The molecule has 1 saturated carbocycles. The summed E-state index contributed by atoms with van der Waals surface area (Å²) in [6, 6.07) is 10.1. The van der Waals surface area contributed by atoms with Crippen molar-refractivity contribution in [3.8, 4) is 5.75 Å². The first kappa shape index (κ1) is 38.8. The van der Waals surface area contributed by atoms with Crippen molar-refractivity contribution >= 4 is 17.8 Å². The lowest BCUT2D eigenvalue weighted by Crippen LogP contribution is -2.68. The second kappa shape index (κ2) is 16.9. The van der Waals surface area contributed by atoms with Crippen LogP contribution in [-0.4, -0.2) is 108 Å². The Kier molecular flexibility index (Phi) is 12.6. The van der Waals surface area contributed by atoms with Gasteiger partial charge >= 0.3 is 5.97 Å². The van der Waals surface area contributed by atoms with Gasteiger partial charge < -0.3 is 51.4 Å². The summed E-state index contributed by atoms with van der Waals surface area (Å²) in [5, 5.41) is 67.7. The molecule has 0 spiro atoms. The lowest BCUT2D eigenvalue weighted by molar-refractivity contribution is -0.314. The van der Waals surface area contributed by atoms with Gasteiger partial charge in [0.25, 0.3) is 11.7 Å². The number of carbonyl (C=O) groups excluding carboxylic acids is 2. The van der Waals surface area contributed by atoms with Gasteiger partial charge in [-0.15, -0.1) is 5.10 Å². The number of aromatic nitrogens is 3. The number of carboxylic acid groups (broad SMARTS) is 1. The van der Waals surface area contributed by atoms with E-state index < -0.39 is 67.0 Å². The van der Waals surface area contributed by atoms with Gasteiger partial charge in [0.1, 0.15) is 24.5 Å². The predicted molar refractivity (Wildman–Crippen MR) is 185 cm³/mol. The highest BCUT2D eigenvalue weighted by Gasteiger charge is 2.56. The number of carbonyl (C=O) groups is 3. The maximum absolute atomic E-state index is 13.3. The summed E-state index contributed by atoms with van der Waals surface area (Å²) in [5.41, 5.74) is 8.30. The van der Waals surface area contributed by atoms with Gasteiger partial charge in [-0.2, -0.15) is 0 Å². The van der Waals surface area contributed by atoms with E-state index in [0.29, 0.717) is 29.2 Å². The van der Waals surface area contributed by atoms with Gasteiger partial charge in [0.05, 0.1) is 30.6 Å². The SMILES string of the molecule is Cc1cc(C(=O)NCC(O)[C@@H](O)[C@@H]2O[C@@](OCc3ccccc3)(C(=O)O)C[C@H](O)[C@H]2NC(=O)Cn2cc(C3CCC(CN)CC3)nn2)cc(C)c1O. The summed E-state index contributed by atoms with van der Waals surface area (Å²) >= 11 is 0. The van der Waals surface area contributed by atoms with E-state index in [2.05, 4.69) is 20.9 Å². The van der Waals surface area contributed by atoms with E-state index in [1.54, 1.807) is 50.4 Å². The fourth-order valence-electron chi connectivity index (χ4n) is 6.87. The molecule has 282 valence electrons. The zero-order valence-electron chi connectivity index (χ0n) is 29.2. The Bertz CT molecular complexity index is 1670. The molecule has 2 aromatic carbocycles. The smallest absolute Gasteiger partial charge is 0.364 e. The first-order valence-corrected chi connectivity index (χ1v) is 17.4. The summed E-state index contributed by atoms with van der Waals surface area (Å²) in [4.78, 5) is 38.9. The number of aliphatic hydroxyl groups is 3. The second-order valence-electron chi connectivity index (χ2n) is 13.8. The van der Waals surface area contributed by atoms with Crippen molar-refractivity contribution in [2.75, 3.05) is 13.1 Å². The molecule has 16 heteroatoms. The molecule has 52 heavy (non-hydrogen) atoms. The Morgan fingerprint density at radius 3 is 2.40 bits per heavy atom. The average molecular weight is 725 g/mol. The molecule has 2 amide bonds. The van der Waals surface area contributed by atoms with Crippen LogP contribution in [0.15, 0.2) is 48.7 Å². The number of benzene rings is 2. The monoisotopic (exact) mass is 724 g/mol. The number of amides is 2. The first-order chi connectivity index (χ1) is 24.8. The Morgan fingerprint density at radius 2 is 1.77 bits per heavy atom. The number of hydrogen-bond acceptors (Lipinski definition) is 12. The van der Waals surface area contributed by atoms with Crippen LogP contribution in [0.4, 0.5) is 0 Å². The van der Waals surface area contributed by atoms with Gasteiger partial charge in [-0.1, -0.05) is 35.5 Å². The van der Waals surface area contributed by atoms with Crippen molar-refractivity contribution < 1.29 is 49.4 Å². The first-order valence-electron chi connectivity index (χ1n) is 17.4. The number of nitrogens with zero attached hydrogens (tertiary/aromatic N) is 3. The van der Waals surface area contributed by atoms with Crippen LogP contribution in [0.5, 0.6) is 5.75 Å². The van der Waals surface area contributed by atoms with Crippen molar-refractivity contribution in [1.82, 2.24) is 25.6 Å². The third-order valence-corrected chi connectivity index (χ3v) is 9.96. The number of hydrogen-bond donors (Lipinski definition) is 8. The number of phenolic OH excluding ortho intramolecular Hbond substituents is 1. The van der Waals surface area contributed by atoms with Crippen molar-refractivity contribution in [2.24, 2.45) is 11.7 Å². The van der Waals surface area contributed by atoms with E-state index in [1.807, 2.05) is 0 Å². The van der Waals surface area contributed by atoms with Gasteiger partial charge in [0, 0.05) is 30.6 Å². The number of rotatable bonds is 14. The minimum atomic E-state index is -2.48. The summed E-state index contributed by atoms with van der Waals surface area (Å²) in [6.45, 7) is 2.84. The minimum Gasteiger partial charge on any atom is -0.507 e. The molecule has 1 unspecified atom stereocenters. The molecule has 16 nitrogen and oxygen atoms in total. The highest BCUT2D eigenvalue weighted by Crippen LogP contribution is 2.36. The number of carboxylic acids is 1. The molecule has 6 atom stereocenters. The van der Waals surface area contributed by atoms with Crippen LogP contribution < -0.4 is 16.4 Å². The highest BCUT2D eigenvalue weighted by atomic mass is 16.7. The molecule has 1 saturated heterocycles. The summed E-state index contributed by atoms with van der Waals surface area (Å²) < 4.78 is 13.0. The number of ether oxygens (including phenoxy) is 2. The van der Waals surface area contributed by atoms with Crippen LogP contribution in [0.25, 0.3) is 0 Å². The lowest BCUT2D eigenvalue weighted by Gasteiger charge is -2.46. The zero-order valence-corrected chi connectivity index (χ0v) is 29.2. The fraction of sp³-hybridized carbons (Fsp3) is 0.528. The number of aromatic hydroxyl groups is 1. The molecule has 5 rings (SSSR count). The van der Waals surface area contributed by atoms with Crippen LogP contribution in [-0.2, 0) is 32.2 Å². The van der Waals surface area contributed by atoms with Crippen LogP contribution in [0.3, 0.4) is 0 Å². The molecule has 0 bridgehead atoms. The summed E-state index contributed by atoms with van der Waals surface area (Å²) in [5.74, 6) is -4.62. The highest BCUT2D eigenvalue weighted by molar-refractivity contribution is 5.94. The largest absolute Gasteiger partial charge is 0.507 e. The van der Waals surface area contributed by atoms with Gasteiger partial charge in [-0.25, -0.2) is 9.48 Å². The molecule has 2 heterocycles. The standard InChI is InChI=1S/C36H48N6O10/c1-20-12-25(13-21(2)31(20)46)34(48)38-16-28(44)32(47)33-30(27(43)14-36(52-33,35(49)50)51-19-23-6-4-3-5-7-23)39-29(45)18-42-17-26(40-41-42)24-10-8-22(15-37)9-11-24/h3-7,12-13,17,22,24,27-28,30,32-33,43-44,46-47H,8-11,14-16,18-19,37H2,1-2H3,(H,38,48)(H,39,45)(H,49,50)/t22?,24?,27-,28?,30+,32+,33+,36+/m0/s1. The number of aliphatic hydroxyl groups excluding tert-OH is 3. The van der Waals surface area contributed by atoms with Crippen LogP contribution in [0, 0.1) is 19.8 Å². The van der Waals surface area contributed by atoms with Crippen molar-refractivity contribution in [3.63, 3.8) is 0 Å². The number of aryl methyl sites for hydroxylation is 2. The van der Waals surface area contributed by atoms with Gasteiger partial charge in [-0.3, -0.25) is 9.59 Å². The average Bonchev–Trinajstić information content (AvgIpc) is 3.60. The molecule has 2 aliphatic rings. The molecule has 0 radical (unpaired) electrons. The number of nitrogens with two attached hydrogens (primary N) is 1. The number of phenols is 1. The van der Waals surface area contributed by atoms with Gasteiger partial charge in [0.2, 0.25) is 5.91 Å². The number of aliphatic carboxylic acids is 1. The molecule has 2 fully saturated rings. The molecule has 1 aromatic heterocycles. The molecular formula is C36H48N6O10. The van der Waals surface area contributed by atoms with Crippen LogP contribution in [0.1, 0.15) is 70.8 Å². The van der Waals surface area contributed by atoms with E-state index in [0.717, 1.165) is 31.4 Å². The van der Waals surface area contributed by atoms with E-state index in [4.69, 9.17) is 15.2 Å². The van der Waals surface area contributed by atoms with E-state index in [1.165, 1.54) is 16.8 Å². The maximum Gasteiger partial charge on any atom is 0.364 e. The Morgan fingerprint density at radius 1 is 1.10 bits per heavy atom. The van der Waals surface area contributed by atoms with Crippen molar-refractivity contribution in [1.29, 1.82) is 0 Å². The summed E-state index contributed by atoms with van der Waals surface area (Å²) in [7, 11) is 0. The summed E-state index contributed by atoms with van der Waals surface area (Å²) in [6.07, 6.45) is -2.22. The molecule has 9 N–H and O–H groups in total. The second-order valence-corrected chi connectivity index (χ2v) is 13.8. The third-order valence-electron chi connectivity index (χ3n) is 9.96. The third kappa shape index (κ3) is 9.12. The lowest BCUT2D eigenvalue weighted by atomic mass is 9.81. The normalized spacial score (nSPS) is 25.9. The molecule has 3 aromatic rings. The topological polar surface area (TPSA) is 252 Å². The van der Waals surface area contributed by atoms with E-state index in [9.17, 15) is 39.9 Å². The number of nitrogens with one attached hydrogen (secondary N) is 2. The minimum absolute atomic E-state index is 0.0407.